The topological polar surface area (TPSA) is 63.3 Å². The van der Waals surface area contributed by atoms with Crippen molar-refractivity contribution in [3.8, 4) is 5.69 Å². The van der Waals surface area contributed by atoms with Crippen LogP contribution < -0.4 is 5.32 Å². The molecule has 9 heteroatoms. The molecule has 0 aliphatic carbocycles. The molecule has 2 unspecified atom stereocenters. The van der Waals surface area contributed by atoms with Crippen LogP contribution in [0.5, 0.6) is 0 Å². The first-order chi connectivity index (χ1) is 15.1. The van der Waals surface area contributed by atoms with Crippen molar-refractivity contribution in [1.29, 1.82) is 0 Å². The average Bonchev–Trinajstić information content (AvgIpc) is 3.47. The second-order valence-electron chi connectivity index (χ2n) is 8.00. The number of nitrogens with one attached hydrogen (secondary N) is 1. The van der Waals surface area contributed by atoms with Crippen molar-refractivity contribution in [3.05, 3.63) is 66.8 Å². The molecule has 2 atom stereocenters. The van der Waals surface area contributed by atoms with Gasteiger partial charge < -0.3 is 14.8 Å². The first-order valence-electron chi connectivity index (χ1n) is 10.9. The Bertz CT molecular complexity index is 984. The van der Waals surface area contributed by atoms with Crippen molar-refractivity contribution in [2.45, 2.75) is 32.7 Å². The summed E-state index contributed by atoms with van der Waals surface area (Å²) in [6, 6.07) is 8.72. The zero-order valence-corrected chi connectivity index (χ0v) is 20.9. The van der Waals surface area contributed by atoms with Gasteiger partial charge in [-0.25, -0.2) is 14.1 Å². The Hall–Kier alpha value is -2.43. The molecule has 0 amide bonds. The summed E-state index contributed by atoms with van der Waals surface area (Å²) in [6.07, 6.45) is 9.57. The molecule has 2 aromatic heterocycles. The number of aromatic nitrogens is 4. The van der Waals surface area contributed by atoms with Crippen LogP contribution in [0, 0.1) is 11.7 Å². The van der Waals surface area contributed by atoms with E-state index in [1.165, 1.54) is 12.1 Å². The molecular weight excluding hydrogens is 520 g/mol. The summed E-state index contributed by atoms with van der Waals surface area (Å²) in [5.41, 5.74) is 1.81. The average molecular weight is 551 g/mol. The molecule has 1 fully saturated rings. The highest BCUT2D eigenvalue weighted by atomic mass is 127. The van der Waals surface area contributed by atoms with Crippen molar-refractivity contribution in [3.63, 3.8) is 0 Å². The second kappa shape index (κ2) is 11.4. The third kappa shape index (κ3) is 5.87. The van der Waals surface area contributed by atoms with E-state index in [1.54, 1.807) is 16.8 Å². The van der Waals surface area contributed by atoms with Gasteiger partial charge in [-0.15, -0.1) is 24.0 Å². The lowest BCUT2D eigenvalue weighted by molar-refractivity contribution is 0.189. The van der Waals surface area contributed by atoms with Gasteiger partial charge >= 0.3 is 0 Å². The van der Waals surface area contributed by atoms with Crippen LogP contribution in [-0.2, 0) is 6.42 Å². The molecule has 0 bridgehead atoms. The monoisotopic (exact) mass is 551 g/mol. The van der Waals surface area contributed by atoms with Crippen LogP contribution in [0.2, 0.25) is 0 Å². The van der Waals surface area contributed by atoms with E-state index < -0.39 is 0 Å². The van der Waals surface area contributed by atoms with E-state index in [9.17, 15) is 4.39 Å². The first kappa shape index (κ1) is 24.2. The predicted octanol–water partition coefficient (Wildman–Crippen LogP) is 3.92. The Kier molecular flexibility index (Phi) is 8.66. The number of imidazole rings is 1. The van der Waals surface area contributed by atoms with Gasteiger partial charge in [0.1, 0.15) is 5.82 Å². The number of rotatable bonds is 6. The van der Waals surface area contributed by atoms with Gasteiger partial charge in [-0.3, -0.25) is 4.99 Å². The van der Waals surface area contributed by atoms with Gasteiger partial charge in [0, 0.05) is 51.2 Å². The molecule has 1 aliphatic heterocycles. The maximum absolute atomic E-state index is 13.1. The number of piperidine rings is 1. The number of likely N-dealkylation sites (tertiary alicyclic amines) is 1. The van der Waals surface area contributed by atoms with E-state index in [1.807, 2.05) is 31.0 Å². The third-order valence-corrected chi connectivity index (χ3v) is 5.83. The second-order valence-corrected chi connectivity index (χ2v) is 8.00. The lowest BCUT2D eigenvalue weighted by Gasteiger charge is -2.39. The van der Waals surface area contributed by atoms with Gasteiger partial charge in [0.2, 0.25) is 0 Å². The van der Waals surface area contributed by atoms with Gasteiger partial charge in [-0.1, -0.05) is 6.92 Å². The van der Waals surface area contributed by atoms with Crippen molar-refractivity contribution >= 4 is 29.9 Å². The van der Waals surface area contributed by atoms with E-state index in [2.05, 4.69) is 38.7 Å². The summed E-state index contributed by atoms with van der Waals surface area (Å²) >= 11 is 0. The van der Waals surface area contributed by atoms with Crippen molar-refractivity contribution < 1.29 is 4.39 Å². The fraction of sp³-hybridized carbons (Fsp3) is 0.435. The number of halogens is 2. The molecule has 0 radical (unpaired) electrons. The maximum Gasteiger partial charge on any atom is 0.193 e. The van der Waals surface area contributed by atoms with E-state index >= 15 is 0 Å². The van der Waals surface area contributed by atoms with E-state index in [4.69, 9.17) is 4.99 Å². The smallest absolute Gasteiger partial charge is 0.193 e. The summed E-state index contributed by atoms with van der Waals surface area (Å²) in [5, 5.41) is 8.05. The minimum atomic E-state index is -0.246. The van der Waals surface area contributed by atoms with Crippen molar-refractivity contribution in [1.82, 2.24) is 29.5 Å². The van der Waals surface area contributed by atoms with Gasteiger partial charge in [0.05, 0.1) is 23.8 Å². The van der Waals surface area contributed by atoms with Gasteiger partial charge in [0.25, 0.3) is 0 Å². The van der Waals surface area contributed by atoms with Crippen LogP contribution in [0.1, 0.15) is 32.0 Å². The summed E-state index contributed by atoms with van der Waals surface area (Å²) in [5.74, 6) is 1.31. The van der Waals surface area contributed by atoms with Gasteiger partial charge in [-0.05, 0) is 49.6 Å². The van der Waals surface area contributed by atoms with Crippen LogP contribution in [0.3, 0.4) is 0 Å². The number of benzene rings is 1. The van der Waals surface area contributed by atoms with Crippen LogP contribution in [-0.4, -0.2) is 56.4 Å². The zero-order valence-electron chi connectivity index (χ0n) is 18.6. The Morgan fingerprint density at radius 2 is 2.03 bits per heavy atom. The number of guanidine groups is 1. The molecule has 0 saturated carbocycles. The molecule has 1 aromatic carbocycles. The highest BCUT2D eigenvalue weighted by Gasteiger charge is 2.28. The molecule has 4 rings (SSSR count). The fourth-order valence-electron chi connectivity index (χ4n) is 4.03. The Morgan fingerprint density at radius 1 is 1.22 bits per heavy atom. The highest BCUT2D eigenvalue weighted by Crippen LogP contribution is 2.27. The van der Waals surface area contributed by atoms with E-state index in [0.29, 0.717) is 18.5 Å². The molecule has 3 aromatic rings. The predicted molar refractivity (Wildman–Crippen MR) is 135 cm³/mol. The Labute approximate surface area is 205 Å². The standard InChI is InChI=1S/C23H30FN7.HI/c1-3-26-23(29-13-9-18(2)22(16-29)30-15-12-25-17-30)27-11-8-20-10-14-31(28-20)21-6-4-19(24)5-7-21;/h4-7,10,12,14-15,17-18,22H,3,8-9,11,13,16H2,1-2H3,(H,26,27);1H. The largest absolute Gasteiger partial charge is 0.357 e. The third-order valence-electron chi connectivity index (χ3n) is 5.83. The molecular formula is C23H31FIN7. The number of hydrogen-bond acceptors (Lipinski definition) is 3. The van der Waals surface area contributed by atoms with E-state index in [0.717, 1.165) is 49.8 Å². The fourth-order valence-corrected chi connectivity index (χ4v) is 4.03. The molecule has 3 heterocycles. The Morgan fingerprint density at radius 3 is 2.75 bits per heavy atom. The normalized spacial score (nSPS) is 19.0. The molecule has 1 aliphatic rings. The summed E-state index contributed by atoms with van der Waals surface area (Å²) < 4.78 is 17.1. The quantitative estimate of drug-likeness (QED) is 0.287. The minimum Gasteiger partial charge on any atom is -0.357 e. The molecule has 1 N–H and O–H groups in total. The molecule has 0 spiro atoms. The summed E-state index contributed by atoms with van der Waals surface area (Å²) in [7, 11) is 0. The lowest BCUT2D eigenvalue weighted by Crippen LogP contribution is -2.49. The number of nitrogens with zero attached hydrogens (tertiary/aromatic N) is 6. The number of hydrogen-bond donors (Lipinski definition) is 1. The maximum atomic E-state index is 13.1. The van der Waals surface area contributed by atoms with Crippen molar-refractivity contribution in [2.75, 3.05) is 26.2 Å². The van der Waals surface area contributed by atoms with Gasteiger partial charge in [0.15, 0.2) is 5.96 Å². The molecule has 32 heavy (non-hydrogen) atoms. The summed E-state index contributed by atoms with van der Waals surface area (Å²) in [4.78, 5) is 11.4. The van der Waals surface area contributed by atoms with Crippen LogP contribution in [0.4, 0.5) is 4.39 Å². The molecule has 7 nitrogen and oxygen atoms in total. The van der Waals surface area contributed by atoms with Crippen LogP contribution in [0.25, 0.3) is 5.69 Å². The number of aliphatic imine (C=N–C) groups is 1. The highest BCUT2D eigenvalue weighted by molar-refractivity contribution is 14.0. The van der Waals surface area contributed by atoms with Crippen LogP contribution >= 0.6 is 24.0 Å². The molecule has 172 valence electrons. The summed E-state index contributed by atoms with van der Waals surface area (Å²) in [6.45, 7) is 7.81. The first-order valence-corrected chi connectivity index (χ1v) is 10.9. The zero-order chi connectivity index (χ0) is 21.6. The van der Waals surface area contributed by atoms with Crippen LogP contribution in [0.15, 0.2) is 60.2 Å². The SMILES string of the molecule is CCNC(=NCCc1ccn(-c2ccc(F)cc2)n1)N1CCC(C)C(n2ccnc2)C1.I. The minimum absolute atomic E-state index is 0. The lowest BCUT2D eigenvalue weighted by atomic mass is 9.93. The molecule has 1 saturated heterocycles. The van der Waals surface area contributed by atoms with Gasteiger partial charge in [-0.2, -0.15) is 5.10 Å². The Balaban J connectivity index is 0.00000289. The van der Waals surface area contributed by atoms with E-state index in [-0.39, 0.29) is 29.8 Å². The van der Waals surface area contributed by atoms with Crippen molar-refractivity contribution in [2.24, 2.45) is 10.9 Å².